The lowest BCUT2D eigenvalue weighted by Gasteiger charge is -2.16. The molecule has 0 spiro atoms. The van der Waals surface area contributed by atoms with Crippen LogP contribution in [0.5, 0.6) is 11.5 Å². The second-order valence-electron chi connectivity index (χ2n) is 5.93. The molecule has 5 nitrogen and oxygen atoms in total. The highest BCUT2D eigenvalue weighted by atomic mass is 32.1. The van der Waals surface area contributed by atoms with Gasteiger partial charge in [0.05, 0.1) is 12.8 Å². The van der Waals surface area contributed by atoms with Gasteiger partial charge in [0.15, 0.2) is 11.5 Å². The first kappa shape index (κ1) is 17.1. The molecule has 0 aromatic heterocycles. The van der Waals surface area contributed by atoms with E-state index in [-0.39, 0.29) is 16.8 Å². The van der Waals surface area contributed by atoms with Gasteiger partial charge in [-0.2, -0.15) is 0 Å². The molecule has 0 aliphatic carbocycles. The van der Waals surface area contributed by atoms with Crippen LogP contribution < -0.4 is 9.64 Å². The summed E-state index contributed by atoms with van der Waals surface area (Å²) < 4.78 is 5.10. The van der Waals surface area contributed by atoms with Crippen molar-refractivity contribution in [2.45, 2.75) is 20.3 Å². The van der Waals surface area contributed by atoms with Gasteiger partial charge in [-0.1, -0.05) is 12.1 Å². The standard InChI is InChI=1S/C19H18N2O3S/c1-11-4-6-14(8-12(11)2)21-18(23)15(20-19(21)25)9-13-5-7-16(22)17(10-13)24-3/h4-8,10,22H,9H2,1-3H3. The smallest absolute Gasteiger partial charge is 0.279 e. The molecule has 0 fully saturated rings. The van der Waals surface area contributed by atoms with Crippen LogP contribution in [0.4, 0.5) is 5.69 Å². The lowest BCUT2D eigenvalue weighted by Crippen LogP contribution is -2.33. The van der Waals surface area contributed by atoms with Gasteiger partial charge in [0.25, 0.3) is 5.91 Å². The number of benzene rings is 2. The van der Waals surface area contributed by atoms with E-state index in [1.165, 1.54) is 18.1 Å². The Balaban J connectivity index is 1.85. The number of aliphatic imine (C=N–C) groups is 1. The molecule has 0 bridgehead atoms. The molecule has 2 aromatic rings. The molecule has 25 heavy (non-hydrogen) atoms. The summed E-state index contributed by atoms with van der Waals surface area (Å²) in [6, 6.07) is 10.7. The van der Waals surface area contributed by atoms with Gasteiger partial charge in [0.2, 0.25) is 5.11 Å². The van der Waals surface area contributed by atoms with Crippen molar-refractivity contribution in [1.29, 1.82) is 0 Å². The predicted octanol–water partition coefficient (Wildman–Crippen LogP) is 3.33. The van der Waals surface area contributed by atoms with Crippen molar-refractivity contribution in [2.24, 2.45) is 4.99 Å². The van der Waals surface area contributed by atoms with E-state index in [0.29, 0.717) is 17.9 Å². The fourth-order valence-corrected chi connectivity index (χ4v) is 2.96. The van der Waals surface area contributed by atoms with Gasteiger partial charge in [0, 0.05) is 6.42 Å². The Morgan fingerprint density at radius 2 is 1.92 bits per heavy atom. The molecule has 1 N–H and O–H groups in total. The van der Waals surface area contributed by atoms with Crippen molar-refractivity contribution < 1.29 is 14.6 Å². The number of carbonyl (C=O) groups excluding carboxylic acids is 1. The molecule has 0 saturated carbocycles. The molecule has 0 unspecified atom stereocenters. The summed E-state index contributed by atoms with van der Waals surface area (Å²) in [5, 5.41) is 9.92. The van der Waals surface area contributed by atoms with E-state index in [4.69, 9.17) is 17.0 Å². The van der Waals surface area contributed by atoms with Gasteiger partial charge in [-0.3, -0.25) is 9.69 Å². The van der Waals surface area contributed by atoms with E-state index in [0.717, 1.165) is 22.4 Å². The van der Waals surface area contributed by atoms with Crippen molar-refractivity contribution in [2.75, 3.05) is 12.0 Å². The first-order chi connectivity index (χ1) is 11.9. The van der Waals surface area contributed by atoms with Crippen molar-refractivity contribution in [3.05, 3.63) is 53.1 Å². The topological polar surface area (TPSA) is 62.1 Å². The third-order valence-electron chi connectivity index (χ3n) is 4.24. The molecule has 3 rings (SSSR count). The number of methoxy groups -OCH3 is 1. The van der Waals surface area contributed by atoms with Crippen molar-refractivity contribution in [1.82, 2.24) is 0 Å². The van der Waals surface area contributed by atoms with Crippen molar-refractivity contribution >= 4 is 34.6 Å². The summed E-state index contributed by atoms with van der Waals surface area (Å²) in [7, 11) is 1.48. The van der Waals surface area contributed by atoms with Gasteiger partial charge in [-0.15, -0.1) is 0 Å². The molecule has 1 amide bonds. The molecule has 1 aliphatic heterocycles. The van der Waals surface area contributed by atoms with Gasteiger partial charge in [-0.05, 0) is 67.0 Å². The van der Waals surface area contributed by atoms with Gasteiger partial charge in [-0.25, -0.2) is 4.99 Å². The predicted molar refractivity (Wildman–Crippen MR) is 102 cm³/mol. The molecule has 2 aromatic carbocycles. The Kier molecular flexibility index (Phi) is 4.55. The minimum Gasteiger partial charge on any atom is -0.504 e. The molecule has 0 saturated heterocycles. The summed E-state index contributed by atoms with van der Waals surface area (Å²) in [6.45, 7) is 4.01. The van der Waals surface area contributed by atoms with E-state index in [1.807, 2.05) is 32.0 Å². The first-order valence-electron chi connectivity index (χ1n) is 7.80. The Hall–Kier alpha value is -2.73. The number of anilines is 1. The minimum atomic E-state index is -0.222. The van der Waals surface area contributed by atoms with Crippen LogP contribution in [0.1, 0.15) is 16.7 Å². The highest BCUT2D eigenvalue weighted by Crippen LogP contribution is 2.28. The number of aryl methyl sites for hydroxylation is 2. The summed E-state index contributed by atoms with van der Waals surface area (Å²) in [5.41, 5.74) is 4.14. The molecule has 0 atom stereocenters. The van der Waals surface area contributed by atoms with Gasteiger partial charge >= 0.3 is 0 Å². The van der Waals surface area contributed by atoms with E-state index < -0.39 is 0 Å². The number of amides is 1. The van der Waals surface area contributed by atoms with Crippen LogP contribution in [-0.4, -0.2) is 28.9 Å². The molecule has 6 heteroatoms. The number of hydrogen-bond acceptors (Lipinski definition) is 4. The number of thiocarbonyl (C=S) groups is 1. The number of hydrogen-bond donors (Lipinski definition) is 1. The van der Waals surface area contributed by atoms with Crippen LogP contribution in [0, 0.1) is 13.8 Å². The van der Waals surface area contributed by atoms with E-state index in [1.54, 1.807) is 12.1 Å². The Morgan fingerprint density at radius 1 is 1.16 bits per heavy atom. The highest BCUT2D eigenvalue weighted by Gasteiger charge is 2.31. The van der Waals surface area contributed by atoms with E-state index in [9.17, 15) is 9.90 Å². The number of phenols is 1. The summed E-state index contributed by atoms with van der Waals surface area (Å²) >= 11 is 5.29. The monoisotopic (exact) mass is 354 g/mol. The number of phenolic OH excluding ortho intramolecular Hbond substituents is 1. The quantitative estimate of drug-likeness (QED) is 0.856. The molecule has 1 aliphatic rings. The number of ether oxygens (including phenoxy) is 1. The fourth-order valence-electron chi connectivity index (χ4n) is 2.66. The average molecular weight is 354 g/mol. The van der Waals surface area contributed by atoms with Crippen LogP contribution in [0.25, 0.3) is 0 Å². The zero-order valence-corrected chi connectivity index (χ0v) is 15.1. The van der Waals surface area contributed by atoms with Gasteiger partial charge in [0.1, 0.15) is 5.71 Å². The minimum absolute atomic E-state index is 0.0539. The summed E-state index contributed by atoms with van der Waals surface area (Å²) in [6.07, 6.45) is 0.316. The number of carbonyl (C=O) groups is 1. The van der Waals surface area contributed by atoms with Crippen LogP contribution in [-0.2, 0) is 11.2 Å². The maximum atomic E-state index is 12.8. The largest absolute Gasteiger partial charge is 0.504 e. The summed E-state index contributed by atoms with van der Waals surface area (Å²) in [4.78, 5) is 18.5. The maximum absolute atomic E-state index is 12.8. The molecular formula is C19H18N2O3S. The second kappa shape index (κ2) is 6.64. The Labute approximate surface area is 151 Å². The summed E-state index contributed by atoms with van der Waals surface area (Å²) in [5.74, 6) is 0.190. The number of aromatic hydroxyl groups is 1. The van der Waals surface area contributed by atoms with Crippen LogP contribution in [0.15, 0.2) is 41.4 Å². The lowest BCUT2D eigenvalue weighted by atomic mass is 10.1. The molecule has 1 heterocycles. The van der Waals surface area contributed by atoms with Gasteiger partial charge < -0.3 is 9.84 Å². The zero-order chi connectivity index (χ0) is 18.1. The molecular weight excluding hydrogens is 336 g/mol. The SMILES string of the molecule is COc1cc(CC2=NC(=S)N(c3ccc(C)c(C)c3)C2=O)ccc1O. The van der Waals surface area contributed by atoms with Crippen molar-refractivity contribution in [3.63, 3.8) is 0 Å². The highest BCUT2D eigenvalue weighted by molar-refractivity contribution is 7.80. The Morgan fingerprint density at radius 3 is 2.60 bits per heavy atom. The van der Waals surface area contributed by atoms with E-state index in [2.05, 4.69) is 4.99 Å². The molecule has 0 radical (unpaired) electrons. The maximum Gasteiger partial charge on any atom is 0.279 e. The lowest BCUT2D eigenvalue weighted by molar-refractivity contribution is -0.111. The zero-order valence-electron chi connectivity index (χ0n) is 14.2. The third kappa shape index (κ3) is 3.25. The number of rotatable bonds is 4. The third-order valence-corrected chi connectivity index (χ3v) is 4.51. The number of nitrogens with zero attached hydrogens (tertiary/aromatic N) is 2. The normalized spacial score (nSPS) is 14.0. The van der Waals surface area contributed by atoms with Crippen LogP contribution in [0.2, 0.25) is 0 Å². The average Bonchev–Trinajstić information content (AvgIpc) is 2.86. The first-order valence-corrected chi connectivity index (χ1v) is 8.20. The van der Waals surface area contributed by atoms with Crippen LogP contribution in [0.3, 0.4) is 0 Å². The van der Waals surface area contributed by atoms with Crippen LogP contribution >= 0.6 is 12.2 Å². The van der Waals surface area contributed by atoms with E-state index >= 15 is 0 Å². The molecule has 128 valence electrons. The Bertz CT molecular complexity index is 906. The second-order valence-corrected chi connectivity index (χ2v) is 6.30. The fraction of sp³-hybridized carbons (Fsp3) is 0.211. The van der Waals surface area contributed by atoms with Crippen molar-refractivity contribution in [3.8, 4) is 11.5 Å².